The second-order valence-electron chi connectivity index (χ2n) is 4.84. The van der Waals surface area contributed by atoms with Crippen molar-refractivity contribution in [3.8, 4) is 0 Å². The van der Waals surface area contributed by atoms with Gasteiger partial charge in [-0.1, -0.05) is 17.7 Å². The minimum Gasteiger partial charge on any atom is -0.480 e. The standard InChI is InChI=1S/C13H17NO5S/c1-9-3-5-11(6-4-9)20(17,18)14-8-10(19-2)7-12(14)13(15)16/h3-6,10,12H,7-8H2,1-2H3,(H,15,16). The van der Waals surface area contributed by atoms with Crippen LogP contribution in [0.4, 0.5) is 0 Å². The van der Waals surface area contributed by atoms with Gasteiger partial charge in [0.05, 0.1) is 11.0 Å². The number of hydrogen-bond donors (Lipinski definition) is 1. The lowest BCUT2D eigenvalue weighted by molar-refractivity contribution is -0.140. The van der Waals surface area contributed by atoms with Crippen molar-refractivity contribution in [2.24, 2.45) is 0 Å². The summed E-state index contributed by atoms with van der Waals surface area (Å²) >= 11 is 0. The highest BCUT2D eigenvalue weighted by Crippen LogP contribution is 2.27. The summed E-state index contributed by atoms with van der Waals surface area (Å²) in [5.41, 5.74) is 0.940. The molecular formula is C13H17NO5S. The van der Waals surface area contributed by atoms with Gasteiger partial charge in [-0.05, 0) is 19.1 Å². The number of carboxylic acid groups (broad SMARTS) is 1. The minimum atomic E-state index is -3.82. The summed E-state index contributed by atoms with van der Waals surface area (Å²) in [6.45, 7) is 1.91. The zero-order valence-corrected chi connectivity index (χ0v) is 12.1. The molecule has 2 atom stereocenters. The van der Waals surface area contributed by atoms with Crippen molar-refractivity contribution in [3.05, 3.63) is 29.8 Å². The number of methoxy groups -OCH3 is 1. The number of aliphatic carboxylic acids is 1. The van der Waals surface area contributed by atoms with E-state index in [-0.39, 0.29) is 17.9 Å². The van der Waals surface area contributed by atoms with E-state index in [1.807, 2.05) is 6.92 Å². The van der Waals surface area contributed by atoms with Crippen molar-refractivity contribution < 1.29 is 23.1 Å². The van der Waals surface area contributed by atoms with Crippen LogP contribution < -0.4 is 0 Å². The zero-order valence-electron chi connectivity index (χ0n) is 11.3. The molecule has 1 saturated heterocycles. The highest BCUT2D eigenvalue weighted by atomic mass is 32.2. The molecule has 1 heterocycles. The van der Waals surface area contributed by atoms with Gasteiger partial charge in [0, 0.05) is 20.1 Å². The number of benzene rings is 1. The maximum Gasteiger partial charge on any atom is 0.322 e. The molecule has 1 fully saturated rings. The molecule has 20 heavy (non-hydrogen) atoms. The van der Waals surface area contributed by atoms with Gasteiger partial charge in [0.25, 0.3) is 0 Å². The highest BCUT2D eigenvalue weighted by Gasteiger charge is 2.44. The first kappa shape index (κ1) is 15.0. The third kappa shape index (κ3) is 2.70. The average Bonchev–Trinajstić information content (AvgIpc) is 2.84. The van der Waals surface area contributed by atoms with Gasteiger partial charge in [-0.3, -0.25) is 4.79 Å². The van der Waals surface area contributed by atoms with E-state index in [0.29, 0.717) is 0 Å². The Kier molecular flexibility index (Phi) is 4.12. The number of sulfonamides is 1. The Morgan fingerprint density at radius 2 is 1.95 bits per heavy atom. The molecular weight excluding hydrogens is 282 g/mol. The van der Waals surface area contributed by atoms with Crippen LogP contribution in [0.25, 0.3) is 0 Å². The number of ether oxygens (including phenoxy) is 1. The summed E-state index contributed by atoms with van der Waals surface area (Å²) in [6.07, 6.45) is -0.229. The number of nitrogens with zero attached hydrogens (tertiary/aromatic N) is 1. The number of rotatable bonds is 4. The molecule has 1 aromatic carbocycles. The Bertz CT molecular complexity index is 596. The van der Waals surface area contributed by atoms with E-state index in [4.69, 9.17) is 4.74 Å². The van der Waals surface area contributed by atoms with Crippen LogP contribution in [0.5, 0.6) is 0 Å². The summed E-state index contributed by atoms with van der Waals surface area (Å²) in [4.78, 5) is 11.3. The molecule has 110 valence electrons. The lowest BCUT2D eigenvalue weighted by atomic mass is 10.2. The molecule has 0 spiro atoms. The van der Waals surface area contributed by atoms with E-state index in [1.165, 1.54) is 19.2 Å². The van der Waals surface area contributed by atoms with E-state index in [2.05, 4.69) is 0 Å². The lowest BCUT2D eigenvalue weighted by Crippen LogP contribution is -2.40. The smallest absolute Gasteiger partial charge is 0.322 e. The van der Waals surface area contributed by atoms with E-state index >= 15 is 0 Å². The molecule has 0 radical (unpaired) electrons. The van der Waals surface area contributed by atoms with Crippen LogP contribution >= 0.6 is 0 Å². The van der Waals surface area contributed by atoms with Crippen LogP contribution in [0.3, 0.4) is 0 Å². The normalized spacial score (nSPS) is 23.9. The van der Waals surface area contributed by atoms with Crippen LogP contribution in [-0.4, -0.2) is 49.6 Å². The first-order chi connectivity index (χ1) is 9.36. The van der Waals surface area contributed by atoms with Gasteiger partial charge < -0.3 is 9.84 Å². The first-order valence-electron chi connectivity index (χ1n) is 6.20. The predicted octanol–water partition coefficient (Wildman–Crippen LogP) is 0.858. The quantitative estimate of drug-likeness (QED) is 0.891. The van der Waals surface area contributed by atoms with Crippen molar-refractivity contribution in [2.75, 3.05) is 13.7 Å². The van der Waals surface area contributed by atoms with Crippen molar-refractivity contribution in [2.45, 2.75) is 30.4 Å². The van der Waals surface area contributed by atoms with E-state index in [9.17, 15) is 18.3 Å². The lowest BCUT2D eigenvalue weighted by Gasteiger charge is -2.20. The molecule has 2 unspecified atom stereocenters. The largest absolute Gasteiger partial charge is 0.480 e. The second-order valence-corrected chi connectivity index (χ2v) is 6.73. The summed E-state index contributed by atoms with van der Waals surface area (Å²) in [7, 11) is -2.37. The fourth-order valence-corrected chi connectivity index (χ4v) is 3.90. The van der Waals surface area contributed by atoms with Gasteiger partial charge in [0.2, 0.25) is 10.0 Å². The van der Waals surface area contributed by atoms with Crippen molar-refractivity contribution >= 4 is 16.0 Å². The van der Waals surface area contributed by atoms with Crippen LogP contribution in [0, 0.1) is 6.92 Å². The summed E-state index contributed by atoms with van der Waals surface area (Å²) in [6, 6.07) is 5.28. The van der Waals surface area contributed by atoms with Gasteiger partial charge >= 0.3 is 5.97 Å². The predicted molar refractivity (Wildman–Crippen MR) is 71.9 cm³/mol. The average molecular weight is 299 g/mol. The van der Waals surface area contributed by atoms with Crippen molar-refractivity contribution in [3.63, 3.8) is 0 Å². The Hall–Kier alpha value is -1.44. The molecule has 6 nitrogen and oxygen atoms in total. The van der Waals surface area contributed by atoms with E-state index in [1.54, 1.807) is 12.1 Å². The molecule has 7 heteroatoms. The van der Waals surface area contributed by atoms with Crippen LogP contribution in [0.1, 0.15) is 12.0 Å². The van der Waals surface area contributed by atoms with Gasteiger partial charge in [-0.15, -0.1) is 0 Å². The Balaban J connectivity index is 2.37. The Morgan fingerprint density at radius 1 is 1.35 bits per heavy atom. The third-order valence-corrected chi connectivity index (χ3v) is 5.35. The monoisotopic (exact) mass is 299 g/mol. The number of hydrogen-bond acceptors (Lipinski definition) is 4. The minimum absolute atomic E-state index is 0.0592. The van der Waals surface area contributed by atoms with Gasteiger partial charge in [-0.25, -0.2) is 8.42 Å². The van der Waals surface area contributed by atoms with E-state index < -0.39 is 28.1 Å². The topological polar surface area (TPSA) is 83.9 Å². The molecule has 1 N–H and O–H groups in total. The molecule has 0 amide bonds. The molecule has 2 rings (SSSR count). The molecule has 1 aliphatic rings. The summed E-state index contributed by atoms with van der Waals surface area (Å²) in [5, 5.41) is 9.19. The van der Waals surface area contributed by atoms with Crippen molar-refractivity contribution in [1.82, 2.24) is 4.31 Å². The van der Waals surface area contributed by atoms with Crippen LogP contribution in [0.15, 0.2) is 29.2 Å². The van der Waals surface area contributed by atoms with Gasteiger partial charge in [0.1, 0.15) is 6.04 Å². The molecule has 1 aliphatic heterocycles. The molecule has 0 bridgehead atoms. The molecule has 0 aromatic heterocycles. The molecule has 0 saturated carbocycles. The first-order valence-corrected chi connectivity index (χ1v) is 7.64. The number of aryl methyl sites for hydroxylation is 1. The fraction of sp³-hybridized carbons (Fsp3) is 0.462. The zero-order chi connectivity index (χ0) is 14.9. The number of carbonyl (C=O) groups is 1. The van der Waals surface area contributed by atoms with Gasteiger partial charge in [0.15, 0.2) is 0 Å². The maximum absolute atomic E-state index is 12.5. The summed E-state index contributed by atoms with van der Waals surface area (Å²) in [5.74, 6) is -1.15. The Labute approximate surface area is 118 Å². The third-order valence-electron chi connectivity index (χ3n) is 3.46. The highest BCUT2D eigenvalue weighted by molar-refractivity contribution is 7.89. The second kappa shape index (κ2) is 5.51. The summed E-state index contributed by atoms with van der Waals surface area (Å²) < 4.78 is 31.2. The van der Waals surface area contributed by atoms with Crippen LogP contribution in [0.2, 0.25) is 0 Å². The van der Waals surface area contributed by atoms with Crippen molar-refractivity contribution in [1.29, 1.82) is 0 Å². The fourth-order valence-electron chi connectivity index (χ4n) is 2.28. The molecule has 0 aliphatic carbocycles. The Morgan fingerprint density at radius 3 is 2.45 bits per heavy atom. The number of carboxylic acids is 1. The maximum atomic E-state index is 12.5. The van der Waals surface area contributed by atoms with Crippen LogP contribution in [-0.2, 0) is 19.6 Å². The van der Waals surface area contributed by atoms with E-state index in [0.717, 1.165) is 9.87 Å². The SMILES string of the molecule is COC1CC(C(=O)O)N(S(=O)(=O)c2ccc(C)cc2)C1. The van der Waals surface area contributed by atoms with Gasteiger partial charge in [-0.2, -0.15) is 4.31 Å². The molecule has 1 aromatic rings.